The molecule has 1 saturated carbocycles. The van der Waals surface area contributed by atoms with Crippen molar-refractivity contribution in [3.8, 4) is 5.75 Å². The summed E-state index contributed by atoms with van der Waals surface area (Å²) < 4.78 is 55.9. The molecule has 2 heterocycles. The number of likely N-dealkylation sites (tertiary alicyclic amines) is 1. The van der Waals surface area contributed by atoms with Crippen molar-refractivity contribution in [1.29, 1.82) is 0 Å². The predicted octanol–water partition coefficient (Wildman–Crippen LogP) is 2.79. The number of ether oxygens (including phenoxy) is 3. The van der Waals surface area contributed by atoms with Crippen LogP contribution in [0.4, 0.5) is 18.0 Å². The van der Waals surface area contributed by atoms with Gasteiger partial charge in [-0.1, -0.05) is 0 Å². The lowest BCUT2D eigenvalue weighted by Crippen LogP contribution is -2.61. The minimum absolute atomic E-state index is 0.255. The van der Waals surface area contributed by atoms with E-state index in [-0.39, 0.29) is 24.2 Å². The van der Waals surface area contributed by atoms with E-state index in [1.807, 2.05) is 0 Å². The lowest BCUT2D eigenvalue weighted by Gasteiger charge is -2.49. The van der Waals surface area contributed by atoms with Crippen molar-refractivity contribution < 1.29 is 37.0 Å². The van der Waals surface area contributed by atoms with Gasteiger partial charge in [-0.2, -0.15) is 0 Å². The van der Waals surface area contributed by atoms with E-state index in [9.17, 15) is 22.8 Å². The molecule has 1 aliphatic carbocycles. The highest BCUT2D eigenvalue weighted by Gasteiger charge is 2.54. The molecule has 0 atom stereocenters. The molecular weight excluding hydrogens is 367 g/mol. The summed E-state index contributed by atoms with van der Waals surface area (Å²) in [6.45, 7) is 2.83. The molecule has 3 aliphatic rings. The van der Waals surface area contributed by atoms with Crippen LogP contribution in [0.15, 0.2) is 12.1 Å². The minimum Gasteiger partial charge on any atom is -0.484 e. The average molecular weight is 385 g/mol. The minimum atomic E-state index is -1.11. The predicted molar refractivity (Wildman–Crippen MR) is 84.4 cm³/mol. The van der Waals surface area contributed by atoms with Crippen LogP contribution in [0.25, 0.3) is 0 Å². The monoisotopic (exact) mass is 385 g/mol. The van der Waals surface area contributed by atoms with Crippen LogP contribution in [0, 0.1) is 22.9 Å². The number of hydrogen-bond donors (Lipinski definition) is 0. The molecule has 2 aliphatic heterocycles. The van der Waals surface area contributed by atoms with Gasteiger partial charge in [-0.3, -0.25) is 4.79 Å². The molecule has 146 valence electrons. The standard InChI is InChI=1S/C18H18F3NO5/c1-17(27-16(24)22-7-18(8-22)6-14(23)25-9-18)4-11(5-17)26-15-12(20)2-10(19)3-13(15)21/h2-3,11H,4-9H2,1H3. The third kappa shape index (κ3) is 3.30. The number of hydrogen-bond acceptors (Lipinski definition) is 5. The Balaban J connectivity index is 1.27. The van der Waals surface area contributed by atoms with Gasteiger partial charge in [-0.05, 0) is 6.92 Å². The molecule has 0 bridgehead atoms. The molecule has 1 amide bonds. The van der Waals surface area contributed by atoms with Gasteiger partial charge >= 0.3 is 12.1 Å². The molecule has 9 heteroatoms. The number of esters is 1. The van der Waals surface area contributed by atoms with Crippen molar-refractivity contribution in [2.24, 2.45) is 5.41 Å². The quantitative estimate of drug-likeness (QED) is 0.749. The van der Waals surface area contributed by atoms with E-state index in [0.717, 1.165) is 0 Å². The second-order valence-corrected chi connectivity index (χ2v) is 7.86. The molecule has 0 N–H and O–H groups in total. The summed E-state index contributed by atoms with van der Waals surface area (Å²) in [6.07, 6.45) is -0.217. The zero-order valence-electron chi connectivity index (χ0n) is 14.6. The van der Waals surface area contributed by atoms with Crippen LogP contribution in [0.5, 0.6) is 5.75 Å². The van der Waals surface area contributed by atoms with Crippen LogP contribution in [-0.4, -0.2) is 48.4 Å². The Morgan fingerprint density at radius 2 is 1.85 bits per heavy atom. The zero-order chi connectivity index (χ0) is 19.4. The maximum atomic E-state index is 13.6. The molecular formula is C18H18F3NO5. The van der Waals surface area contributed by atoms with E-state index < -0.39 is 41.0 Å². The van der Waals surface area contributed by atoms with Crippen LogP contribution >= 0.6 is 0 Å². The summed E-state index contributed by atoms with van der Waals surface area (Å²) in [5.74, 6) is -4.14. The molecule has 2 saturated heterocycles. The van der Waals surface area contributed by atoms with Crippen LogP contribution < -0.4 is 4.74 Å². The zero-order valence-corrected chi connectivity index (χ0v) is 14.6. The first-order chi connectivity index (χ1) is 12.7. The topological polar surface area (TPSA) is 65.1 Å². The fourth-order valence-electron chi connectivity index (χ4n) is 3.89. The van der Waals surface area contributed by atoms with E-state index in [2.05, 4.69) is 0 Å². The number of benzene rings is 1. The maximum absolute atomic E-state index is 13.6. The SMILES string of the molecule is CC1(OC(=O)N2CC3(COC(=O)C3)C2)CC(Oc2c(F)cc(F)cc2F)C1. The van der Waals surface area contributed by atoms with Gasteiger partial charge in [0.15, 0.2) is 17.4 Å². The number of carbonyl (C=O) groups is 2. The van der Waals surface area contributed by atoms with Crippen molar-refractivity contribution in [3.63, 3.8) is 0 Å². The summed E-state index contributed by atoms with van der Waals surface area (Å²) in [4.78, 5) is 25.0. The van der Waals surface area contributed by atoms with E-state index in [0.29, 0.717) is 38.2 Å². The molecule has 1 aromatic rings. The average Bonchev–Trinajstić information content (AvgIpc) is 2.89. The van der Waals surface area contributed by atoms with E-state index >= 15 is 0 Å². The number of halogens is 3. The van der Waals surface area contributed by atoms with Crippen LogP contribution in [0.3, 0.4) is 0 Å². The molecule has 3 fully saturated rings. The van der Waals surface area contributed by atoms with Crippen LogP contribution in [-0.2, 0) is 14.3 Å². The molecule has 0 aromatic heterocycles. The van der Waals surface area contributed by atoms with Gasteiger partial charge in [0.1, 0.15) is 24.1 Å². The van der Waals surface area contributed by atoms with Gasteiger partial charge in [0.25, 0.3) is 0 Å². The number of cyclic esters (lactones) is 1. The molecule has 6 nitrogen and oxygen atoms in total. The highest BCUT2D eigenvalue weighted by molar-refractivity contribution is 5.75. The normalized spacial score (nSPS) is 28.4. The number of rotatable bonds is 3. The third-order valence-electron chi connectivity index (χ3n) is 5.27. The summed E-state index contributed by atoms with van der Waals surface area (Å²) >= 11 is 0. The molecule has 1 spiro atoms. The smallest absolute Gasteiger partial charge is 0.410 e. The highest BCUT2D eigenvalue weighted by Crippen LogP contribution is 2.42. The van der Waals surface area contributed by atoms with Crippen molar-refractivity contribution >= 4 is 12.1 Å². The molecule has 0 unspecified atom stereocenters. The molecule has 27 heavy (non-hydrogen) atoms. The fraction of sp³-hybridized carbons (Fsp3) is 0.556. The Hall–Kier alpha value is -2.45. The second kappa shape index (κ2) is 6.03. The number of carbonyl (C=O) groups excluding carboxylic acids is 2. The maximum Gasteiger partial charge on any atom is 0.410 e. The first-order valence-electron chi connectivity index (χ1n) is 8.62. The summed E-state index contributed by atoms with van der Waals surface area (Å²) in [6, 6.07) is 1.10. The van der Waals surface area contributed by atoms with E-state index in [1.54, 1.807) is 6.92 Å². The second-order valence-electron chi connectivity index (χ2n) is 7.86. The summed E-state index contributed by atoms with van der Waals surface area (Å²) in [7, 11) is 0. The molecule has 4 rings (SSSR count). The van der Waals surface area contributed by atoms with Gasteiger partial charge < -0.3 is 19.1 Å². The van der Waals surface area contributed by atoms with E-state index in [1.165, 1.54) is 4.90 Å². The van der Waals surface area contributed by atoms with Crippen molar-refractivity contribution in [2.75, 3.05) is 19.7 Å². The number of amides is 1. The van der Waals surface area contributed by atoms with Gasteiger partial charge in [0.2, 0.25) is 0 Å². The number of nitrogens with zero attached hydrogens (tertiary/aromatic N) is 1. The van der Waals surface area contributed by atoms with Crippen molar-refractivity contribution in [1.82, 2.24) is 4.90 Å². The van der Waals surface area contributed by atoms with E-state index in [4.69, 9.17) is 14.2 Å². The Bertz CT molecular complexity index is 779. The summed E-state index contributed by atoms with van der Waals surface area (Å²) in [5, 5.41) is 0. The Labute approximate surface area is 153 Å². The Kier molecular flexibility index (Phi) is 4.01. The first-order valence-corrected chi connectivity index (χ1v) is 8.62. The molecule has 1 aromatic carbocycles. The molecule has 0 radical (unpaired) electrons. The Morgan fingerprint density at radius 3 is 2.41 bits per heavy atom. The van der Waals surface area contributed by atoms with Gasteiger partial charge in [0, 0.05) is 38.1 Å². The first kappa shape index (κ1) is 17.9. The van der Waals surface area contributed by atoms with Crippen LogP contribution in [0.1, 0.15) is 26.2 Å². The van der Waals surface area contributed by atoms with Crippen molar-refractivity contribution in [2.45, 2.75) is 37.9 Å². The third-order valence-corrected chi connectivity index (χ3v) is 5.27. The lowest BCUT2D eigenvalue weighted by atomic mass is 9.78. The van der Waals surface area contributed by atoms with Gasteiger partial charge in [-0.25, -0.2) is 18.0 Å². The highest BCUT2D eigenvalue weighted by atomic mass is 19.1. The lowest BCUT2D eigenvalue weighted by molar-refractivity contribution is -0.137. The van der Waals surface area contributed by atoms with Crippen molar-refractivity contribution in [3.05, 3.63) is 29.6 Å². The summed E-state index contributed by atoms with van der Waals surface area (Å²) in [5.41, 5.74) is -1.10. The Morgan fingerprint density at radius 1 is 1.22 bits per heavy atom. The fourth-order valence-corrected chi connectivity index (χ4v) is 3.89. The van der Waals surface area contributed by atoms with Crippen LogP contribution in [0.2, 0.25) is 0 Å². The van der Waals surface area contributed by atoms with Gasteiger partial charge in [0.05, 0.1) is 11.8 Å². The van der Waals surface area contributed by atoms with Gasteiger partial charge in [-0.15, -0.1) is 0 Å². The largest absolute Gasteiger partial charge is 0.484 e.